The molecule has 2 aromatic rings. The summed E-state index contributed by atoms with van der Waals surface area (Å²) in [5, 5.41) is 1.53. The van der Waals surface area contributed by atoms with Gasteiger partial charge >= 0.3 is 5.97 Å². The van der Waals surface area contributed by atoms with Crippen LogP contribution in [0.3, 0.4) is 0 Å². The Hall–Kier alpha value is -2.34. The lowest BCUT2D eigenvalue weighted by Gasteiger charge is -2.13. The number of esters is 1. The molecule has 0 fully saturated rings. The fourth-order valence-electron chi connectivity index (χ4n) is 2.07. The van der Waals surface area contributed by atoms with Gasteiger partial charge in [0.25, 0.3) is 0 Å². The molecule has 25 heavy (non-hydrogen) atoms. The van der Waals surface area contributed by atoms with Crippen LogP contribution in [-0.4, -0.2) is 42.1 Å². The third-order valence-corrected chi connectivity index (χ3v) is 5.72. The highest BCUT2D eigenvalue weighted by molar-refractivity contribution is 7.89. The predicted octanol–water partition coefficient (Wildman–Crippen LogP) is 1.93. The number of carbonyl (C=O) groups is 1. The highest BCUT2D eigenvalue weighted by atomic mass is 32.2. The molecule has 6 nitrogen and oxygen atoms in total. The fraction of sp³-hybridized carbons (Fsp3) is 0.235. The number of hydrogen-bond donors (Lipinski definition) is 1. The number of rotatable bonds is 5. The lowest BCUT2D eigenvalue weighted by Crippen LogP contribution is -2.25. The minimum atomic E-state index is -3.84. The van der Waals surface area contributed by atoms with E-state index < -0.39 is 16.0 Å². The number of anilines is 1. The van der Waals surface area contributed by atoms with Gasteiger partial charge in [-0.1, -0.05) is 24.0 Å². The van der Waals surface area contributed by atoms with Crippen molar-refractivity contribution < 1.29 is 17.9 Å². The Morgan fingerprint density at radius 1 is 1.28 bits per heavy atom. The summed E-state index contributed by atoms with van der Waals surface area (Å²) in [6.45, 7) is -0.0689. The molecule has 1 N–H and O–H groups in total. The van der Waals surface area contributed by atoms with Crippen molar-refractivity contribution in [1.29, 1.82) is 0 Å². The Kier molecular flexibility index (Phi) is 6.20. The molecule has 0 unspecified atom stereocenters. The number of nitrogens with one attached hydrogen (secondary N) is 1. The Balaban J connectivity index is 2.13. The molecular formula is C17H18N2O4S2. The first kappa shape index (κ1) is 19.0. The van der Waals surface area contributed by atoms with Gasteiger partial charge in [-0.2, -0.15) is 4.72 Å². The van der Waals surface area contributed by atoms with Gasteiger partial charge in [0, 0.05) is 19.7 Å². The van der Waals surface area contributed by atoms with Crippen LogP contribution < -0.4 is 9.62 Å². The zero-order valence-electron chi connectivity index (χ0n) is 14.1. The zero-order valence-corrected chi connectivity index (χ0v) is 15.7. The average molecular weight is 378 g/mol. The van der Waals surface area contributed by atoms with E-state index in [9.17, 15) is 13.2 Å². The van der Waals surface area contributed by atoms with E-state index in [1.165, 1.54) is 18.6 Å². The second-order valence-electron chi connectivity index (χ2n) is 5.14. The number of methoxy groups -OCH3 is 1. The summed E-state index contributed by atoms with van der Waals surface area (Å²) in [4.78, 5) is 13.5. The smallest absolute Gasteiger partial charge is 0.349 e. The van der Waals surface area contributed by atoms with E-state index in [1.54, 1.807) is 0 Å². The van der Waals surface area contributed by atoms with Crippen molar-refractivity contribution in [3.05, 3.63) is 46.2 Å². The topological polar surface area (TPSA) is 75.7 Å². The van der Waals surface area contributed by atoms with Gasteiger partial charge in [0.15, 0.2) is 0 Å². The molecule has 0 spiro atoms. The van der Waals surface area contributed by atoms with Gasteiger partial charge in [-0.05, 0) is 23.6 Å². The summed E-state index contributed by atoms with van der Waals surface area (Å²) in [7, 11) is 1.19. The highest BCUT2D eigenvalue weighted by Crippen LogP contribution is 2.22. The predicted molar refractivity (Wildman–Crippen MR) is 98.5 cm³/mol. The van der Waals surface area contributed by atoms with E-state index >= 15 is 0 Å². The Morgan fingerprint density at radius 3 is 2.68 bits per heavy atom. The van der Waals surface area contributed by atoms with Crippen LogP contribution in [0.5, 0.6) is 0 Å². The first-order chi connectivity index (χ1) is 11.9. The maximum atomic E-state index is 12.3. The Morgan fingerprint density at radius 2 is 2.00 bits per heavy atom. The number of carbonyl (C=O) groups excluding carboxylic acids is 1. The fourth-order valence-corrected chi connectivity index (χ4v) is 4.32. The molecule has 8 heteroatoms. The molecule has 1 aromatic heterocycles. The van der Waals surface area contributed by atoms with Gasteiger partial charge in [0.1, 0.15) is 9.77 Å². The lowest BCUT2D eigenvalue weighted by atomic mass is 10.1. The van der Waals surface area contributed by atoms with E-state index in [0.29, 0.717) is 0 Å². The van der Waals surface area contributed by atoms with Crippen molar-refractivity contribution >= 4 is 33.0 Å². The second kappa shape index (κ2) is 8.16. The molecule has 0 saturated heterocycles. The molecule has 0 saturated carbocycles. The van der Waals surface area contributed by atoms with E-state index in [1.807, 2.05) is 43.3 Å². The van der Waals surface area contributed by atoms with Crippen molar-refractivity contribution in [3.8, 4) is 11.8 Å². The Labute approximate surface area is 151 Å². The summed E-state index contributed by atoms with van der Waals surface area (Å²) in [6.07, 6.45) is 0. The van der Waals surface area contributed by atoms with Crippen LogP contribution in [0.1, 0.15) is 15.2 Å². The molecule has 1 aromatic carbocycles. The largest absolute Gasteiger partial charge is 0.465 e. The van der Waals surface area contributed by atoms with Crippen LogP contribution in [0, 0.1) is 11.8 Å². The van der Waals surface area contributed by atoms with E-state index in [4.69, 9.17) is 0 Å². The van der Waals surface area contributed by atoms with Gasteiger partial charge in [-0.3, -0.25) is 0 Å². The van der Waals surface area contributed by atoms with Crippen LogP contribution in [-0.2, 0) is 14.8 Å². The van der Waals surface area contributed by atoms with Crippen LogP contribution in [0.25, 0.3) is 0 Å². The van der Waals surface area contributed by atoms with Crippen molar-refractivity contribution in [1.82, 2.24) is 4.72 Å². The number of thiophene rings is 1. The zero-order chi connectivity index (χ0) is 18.4. The van der Waals surface area contributed by atoms with Crippen molar-refractivity contribution in [2.45, 2.75) is 4.90 Å². The van der Waals surface area contributed by atoms with Crippen molar-refractivity contribution in [2.24, 2.45) is 0 Å². The summed E-state index contributed by atoms with van der Waals surface area (Å²) in [6, 6.07) is 8.95. The van der Waals surface area contributed by atoms with Gasteiger partial charge in [0.05, 0.1) is 19.3 Å². The lowest BCUT2D eigenvalue weighted by molar-refractivity contribution is 0.0602. The molecule has 1 heterocycles. The maximum absolute atomic E-state index is 12.3. The van der Waals surface area contributed by atoms with Crippen molar-refractivity contribution in [3.63, 3.8) is 0 Å². The van der Waals surface area contributed by atoms with Crippen LogP contribution in [0.4, 0.5) is 5.69 Å². The molecule has 0 atom stereocenters. The molecule has 0 aliphatic carbocycles. The van der Waals surface area contributed by atoms with E-state index in [-0.39, 0.29) is 16.3 Å². The second-order valence-corrected chi connectivity index (χ2v) is 7.79. The molecule has 0 bridgehead atoms. The van der Waals surface area contributed by atoms with Gasteiger partial charge in [-0.15, -0.1) is 11.3 Å². The minimum absolute atomic E-state index is 0.0425. The third kappa shape index (κ3) is 4.60. The summed E-state index contributed by atoms with van der Waals surface area (Å²) in [5.74, 6) is 5.07. The molecule has 0 aliphatic rings. The number of hydrogen-bond acceptors (Lipinski definition) is 6. The molecular weight excluding hydrogens is 360 g/mol. The quantitative estimate of drug-likeness (QED) is 0.636. The van der Waals surface area contributed by atoms with Gasteiger partial charge < -0.3 is 9.64 Å². The van der Waals surface area contributed by atoms with Crippen LogP contribution >= 0.6 is 11.3 Å². The number of sulfonamides is 1. The number of benzene rings is 1. The molecule has 0 radical (unpaired) electrons. The first-order valence-corrected chi connectivity index (χ1v) is 9.64. The third-order valence-electron chi connectivity index (χ3n) is 3.25. The number of ether oxygens (including phenoxy) is 1. The number of nitrogens with zero attached hydrogens (tertiary/aromatic N) is 1. The number of para-hydroxylation sites is 1. The van der Waals surface area contributed by atoms with Crippen LogP contribution in [0.15, 0.2) is 40.6 Å². The Bertz CT molecular complexity index is 921. The van der Waals surface area contributed by atoms with E-state index in [2.05, 4.69) is 21.3 Å². The normalized spacial score (nSPS) is 10.7. The molecule has 132 valence electrons. The van der Waals surface area contributed by atoms with Crippen LogP contribution in [0.2, 0.25) is 0 Å². The minimum Gasteiger partial charge on any atom is -0.465 e. The molecule has 2 rings (SSSR count). The monoisotopic (exact) mass is 378 g/mol. The van der Waals surface area contributed by atoms with Crippen molar-refractivity contribution in [2.75, 3.05) is 32.6 Å². The van der Waals surface area contributed by atoms with E-state index in [0.717, 1.165) is 22.6 Å². The standard InChI is InChI=1S/C17H18N2O4S2/c1-19(2)14-9-5-4-7-13(14)8-6-11-18-25(21,22)15-10-12-24-16(15)17(20)23-3/h4-5,7,9-10,12,18H,11H2,1-3H3. The first-order valence-electron chi connectivity index (χ1n) is 7.27. The molecule has 0 amide bonds. The SMILES string of the molecule is COC(=O)c1sccc1S(=O)(=O)NCC#Cc1ccccc1N(C)C. The summed E-state index contributed by atoms with van der Waals surface area (Å²) in [5.41, 5.74) is 1.75. The average Bonchev–Trinajstić information content (AvgIpc) is 3.09. The van der Waals surface area contributed by atoms with Gasteiger partial charge in [0.2, 0.25) is 10.0 Å². The highest BCUT2D eigenvalue weighted by Gasteiger charge is 2.23. The summed E-state index contributed by atoms with van der Waals surface area (Å²) < 4.78 is 31.6. The maximum Gasteiger partial charge on any atom is 0.349 e. The summed E-state index contributed by atoms with van der Waals surface area (Å²) >= 11 is 1.02. The molecule has 0 aliphatic heterocycles. The van der Waals surface area contributed by atoms with Gasteiger partial charge in [-0.25, -0.2) is 13.2 Å².